The Kier molecular flexibility index (Phi) is 4.09. The van der Waals surface area contributed by atoms with Gasteiger partial charge in [0, 0.05) is 25.7 Å². The Balaban J connectivity index is 1.64. The van der Waals surface area contributed by atoms with Crippen LogP contribution in [0.5, 0.6) is 0 Å². The highest BCUT2D eigenvalue weighted by Gasteiger charge is 2.45. The highest BCUT2D eigenvalue weighted by atomic mass is 16.3. The van der Waals surface area contributed by atoms with Crippen LogP contribution in [0.4, 0.5) is 0 Å². The fourth-order valence-electron chi connectivity index (χ4n) is 3.97. The number of furan rings is 1. The van der Waals surface area contributed by atoms with Crippen LogP contribution in [0.1, 0.15) is 59.3 Å². The van der Waals surface area contributed by atoms with E-state index in [1.165, 1.54) is 0 Å². The van der Waals surface area contributed by atoms with E-state index in [9.17, 15) is 9.59 Å². The normalized spacial score (nSPS) is 23.3. The Hall–Kier alpha value is -2.57. The Bertz CT molecular complexity index is 849. The van der Waals surface area contributed by atoms with Crippen LogP contribution in [-0.4, -0.2) is 38.6 Å². The van der Waals surface area contributed by atoms with Crippen LogP contribution < -0.4 is 5.32 Å². The predicted octanol–water partition coefficient (Wildman–Crippen LogP) is 2.25. The van der Waals surface area contributed by atoms with Crippen molar-refractivity contribution in [3.8, 4) is 0 Å². The quantitative estimate of drug-likeness (QED) is 0.911. The molecule has 2 aromatic rings. The van der Waals surface area contributed by atoms with E-state index in [4.69, 9.17) is 4.42 Å². The average molecular weight is 356 g/mol. The molecule has 2 fully saturated rings. The molecule has 0 radical (unpaired) electrons. The van der Waals surface area contributed by atoms with Crippen LogP contribution >= 0.6 is 0 Å². The van der Waals surface area contributed by atoms with Gasteiger partial charge in [-0.15, -0.1) is 0 Å². The van der Waals surface area contributed by atoms with Gasteiger partial charge in [-0.1, -0.05) is 0 Å². The molecule has 2 atom stereocenters. The van der Waals surface area contributed by atoms with Crippen molar-refractivity contribution in [1.29, 1.82) is 0 Å². The first-order valence-electron chi connectivity index (χ1n) is 9.12. The predicted molar refractivity (Wildman–Crippen MR) is 94.5 cm³/mol. The van der Waals surface area contributed by atoms with E-state index in [1.54, 1.807) is 23.9 Å². The maximum Gasteiger partial charge on any atom is 0.255 e. The van der Waals surface area contributed by atoms with Gasteiger partial charge in [-0.25, -0.2) is 0 Å². The van der Waals surface area contributed by atoms with Gasteiger partial charge in [-0.3, -0.25) is 14.3 Å². The molecule has 0 bridgehead atoms. The summed E-state index contributed by atoms with van der Waals surface area (Å²) >= 11 is 0. The maximum absolute atomic E-state index is 12.8. The molecule has 0 unspecified atom stereocenters. The number of aromatic nitrogens is 2. The fraction of sp³-hybridized carbons (Fsp3) is 0.526. The number of carbonyl (C=O) groups is 2. The number of piperidine rings is 1. The molecule has 0 spiro atoms. The van der Waals surface area contributed by atoms with Gasteiger partial charge in [0.05, 0.1) is 23.3 Å². The van der Waals surface area contributed by atoms with Gasteiger partial charge >= 0.3 is 0 Å². The highest BCUT2D eigenvalue weighted by Crippen LogP contribution is 2.40. The van der Waals surface area contributed by atoms with E-state index < -0.39 is 0 Å². The van der Waals surface area contributed by atoms with Gasteiger partial charge < -0.3 is 14.6 Å². The van der Waals surface area contributed by atoms with Crippen molar-refractivity contribution in [2.45, 2.75) is 57.7 Å². The van der Waals surface area contributed by atoms with E-state index in [2.05, 4.69) is 10.4 Å². The van der Waals surface area contributed by atoms with Gasteiger partial charge in [-0.2, -0.15) is 5.10 Å². The molecule has 7 nitrogen and oxygen atoms in total. The zero-order valence-corrected chi connectivity index (χ0v) is 15.4. The number of hydrogen-bond donors (Lipinski definition) is 1. The molecule has 1 aliphatic heterocycles. The second-order valence-electron chi connectivity index (χ2n) is 7.30. The lowest BCUT2D eigenvalue weighted by atomic mass is 9.92. The molecule has 0 aromatic carbocycles. The van der Waals surface area contributed by atoms with E-state index in [1.807, 2.05) is 24.9 Å². The van der Waals surface area contributed by atoms with Crippen LogP contribution in [0.2, 0.25) is 0 Å². The third-order valence-corrected chi connectivity index (χ3v) is 5.34. The Morgan fingerprint density at radius 1 is 1.31 bits per heavy atom. The molecule has 7 heteroatoms. The van der Waals surface area contributed by atoms with Gasteiger partial charge in [-0.05, 0) is 45.2 Å². The van der Waals surface area contributed by atoms with Crippen molar-refractivity contribution in [3.05, 3.63) is 41.1 Å². The summed E-state index contributed by atoms with van der Waals surface area (Å²) in [5, 5.41) is 7.43. The van der Waals surface area contributed by atoms with E-state index in [-0.39, 0.29) is 29.9 Å². The van der Waals surface area contributed by atoms with Crippen molar-refractivity contribution < 1.29 is 14.0 Å². The molecule has 1 saturated heterocycles. The molecule has 138 valence electrons. The molecule has 1 N–H and O–H groups in total. The van der Waals surface area contributed by atoms with Gasteiger partial charge in [0.25, 0.3) is 5.91 Å². The lowest BCUT2D eigenvalue weighted by molar-refractivity contribution is -0.138. The number of carbonyl (C=O) groups excluding carboxylic acids is 2. The van der Waals surface area contributed by atoms with Crippen LogP contribution in [0.3, 0.4) is 0 Å². The second-order valence-corrected chi connectivity index (χ2v) is 7.30. The summed E-state index contributed by atoms with van der Waals surface area (Å²) in [4.78, 5) is 27.4. The number of likely N-dealkylation sites (tertiary alicyclic amines) is 1. The molecule has 3 heterocycles. The second kappa shape index (κ2) is 6.30. The van der Waals surface area contributed by atoms with Crippen LogP contribution in [0.25, 0.3) is 0 Å². The average Bonchev–Trinajstić information content (AvgIpc) is 3.25. The molecule has 2 amide bonds. The SMILES string of the molecule is Cc1cc(C(=O)N[C@@H]2CCC(=O)N(C3CC3)[C@H]2c2ccnn2C)c(C)o1. The summed E-state index contributed by atoms with van der Waals surface area (Å²) in [7, 11) is 1.88. The van der Waals surface area contributed by atoms with Crippen molar-refractivity contribution in [3.63, 3.8) is 0 Å². The van der Waals surface area contributed by atoms with Crippen LogP contribution in [0.15, 0.2) is 22.7 Å². The molecular weight excluding hydrogens is 332 g/mol. The summed E-state index contributed by atoms with van der Waals surface area (Å²) in [6, 6.07) is 3.64. The zero-order valence-electron chi connectivity index (χ0n) is 15.4. The first-order valence-corrected chi connectivity index (χ1v) is 9.12. The van der Waals surface area contributed by atoms with Gasteiger partial charge in [0.15, 0.2) is 0 Å². The summed E-state index contributed by atoms with van der Waals surface area (Å²) < 4.78 is 7.29. The number of aryl methyl sites for hydroxylation is 3. The highest BCUT2D eigenvalue weighted by molar-refractivity contribution is 5.95. The molecule has 2 aromatic heterocycles. The van der Waals surface area contributed by atoms with E-state index in [0.717, 1.165) is 18.5 Å². The molecule has 1 aliphatic carbocycles. The zero-order chi connectivity index (χ0) is 18.4. The monoisotopic (exact) mass is 356 g/mol. The summed E-state index contributed by atoms with van der Waals surface area (Å²) in [5.74, 6) is 1.35. The number of rotatable bonds is 4. The fourth-order valence-corrected chi connectivity index (χ4v) is 3.97. The first kappa shape index (κ1) is 16.9. The summed E-state index contributed by atoms with van der Waals surface area (Å²) in [5.41, 5.74) is 1.51. The summed E-state index contributed by atoms with van der Waals surface area (Å²) in [6.07, 6.45) is 4.88. The van der Waals surface area contributed by atoms with Gasteiger partial charge in [0.1, 0.15) is 11.5 Å². The molecule has 1 saturated carbocycles. The molecular formula is C19H24N4O3. The molecule has 4 rings (SSSR count). The van der Waals surface area contributed by atoms with Crippen molar-refractivity contribution in [2.24, 2.45) is 7.05 Å². The number of nitrogens with zero attached hydrogens (tertiary/aromatic N) is 3. The van der Waals surface area contributed by atoms with Gasteiger partial charge in [0.2, 0.25) is 5.91 Å². The third kappa shape index (κ3) is 2.91. The Morgan fingerprint density at radius 3 is 2.65 bits per heavy atom. The third-order valence-electron chi connectivity index (χ3n) is 5.34. The van der Waals surface area contributed by atoms with Crippen molar-refractivity contribution >= 4 is 11.8 Å². The molecule has 2 aliphatic rings. The Morgan fingerprint density at radius 2 is 2.08 bits per heavy atom. The van der Waals surface area contributed by atoms with Crippen LogP contribution in [-0.2, 0) is 11.8 Å². The summed E-state index contributed by atoms with van der Waals surface area (Å²) in [6.45, 7) is 3.62. The lowest BCUT2D eigenvalue weighted by Crippen LogP contribution is -2.53. The van der Waals surface area contributed by atoms with Crippen LogP contribution in [0, 0.1) is 13.8 Å². The first-order chi connectivity index (χ1) is 12.5. The van der Waals surface area contributed by atoms with Crippen molar-refractivity contribution in [1.82, 2.24) is 20.0 Å². The number of nitrogens with one attached hydrogen (secondary N) is 1. The van der Waals surface area contributed by atoms with E-state index in [0.29, 0.717) is 29.9 Å². The standard InChI is InChI=1S/C19H24N4O3/c1-11-10-14(12(2)26-11)19(25)21-15-6-7-17(24)23(13-4-5-13)18(15)16-8-9-20-22(16)3/h8-10,13,15,18H,4-7H2,1-3H3,(H,21,25)/t15-,18-/m1/s1. The smallest absolute Gasteiger partial charge is 0.255 e. The largest absolute Gasteiger partial charge is 0.466 e. The lowest BCUT2D eigenvalue weighted by Gasteiger charge is -2.41. The number of hydrogen-bond acceptors (Lipinski definition) is 4. The van der Waals surface area contributed by atoms with E-state index >= 15 is 0 Å². The molecule has 26 heavy (non-hydrogen) atoms. The minimum atomic E-state index is -0.187. The topological polar surface area (TPSA) is 80.4 Å². The minimum absolute atomic E-state index is 0.147. The maximum atomic E-state index is 12.8. The number of amides is 2. The van der Waals surface area contributed by atoms with Crippen molar-refractivity contribution in [2.75, 3.05) is 0 Å². The Labute approximate surface area is 152 Å². The minimum Gasteiger partial charge on any atom is -0.466 e.